The number of benzene rings is 1. The van der Waals surface area contributed by atoms with E-state index in [0.717, 1.165) is 29.6 Å². The van der Waals surface area contributed by atoms with Crippen molar-refractivity contribution in [2.24, 2.45) is 23.5 Å². The number of allylic oxidation sites excluding steroid dienone is 1. The first kappa shape index (κ1) is 29.0. The lowest BCUT2D eigenvalue weighted by molar-refractivity contribution is -0.139. The molecule has 1 aliphatic heterocycles. The Morgan fingerprint density at radius 1 is 1.12 bits per heavy atom. The van der Waals surface area contributed by atoms with Gasteiger partial charge in [0, 0.05) is 24.1 Å². The van der Waals surface area contributed by atoms with Crippen LogP contribution < -0.4 is 25.3 Å². The maximum absolute atomic E-state index is 13.7. The molecule has 2 aromatic rings. The molecule has 3 N–H and O–H groups in total. The molecule has 2 saturated carbocycles. The Balaban J connectivity index is 1.42. The summed E-state index contributed by atoms with van der Waals surface area (Å²) >= 11 is 0. The van der Waals surface area contributed by atoms with Crippen LogP contribution in [0.4, 0.5) is 4.79 Å². The van der Waals surface area contributed by atoms with E-state index in [9.17, 15) is 19.2 Å². The van der Waals surface area contributed by atoms with E-state index in [1.165, 1.54) is 7.11 Å². The molecule has 222 valence electrons. The number of amides is 4. The smallest absolute Gasteiger partial charge is 0.321 e. The Bertz CT molecular complexity index is 1400. The number of hydrogen-bond acceptors (Lipinski definition) is 9. The third-order valence-corrected chi connectivity index (χ3v) is 8.22. The summed E-state index contributed by atoms with van der Waals surface area (Å²) in [5.41, 5.74) is 5.89. The van der Waals surface area contributed by atoms with Gasteiger partial charge in [0.1, 0.15) is 23.7 Å². The zero-order chi connectivity index (χ0) is 29.9. The second-order valence-electron chi connectivity index (χ2n) is 10.9. The van der Waals surface area contributed by atoms with Gasteiger partial charge in [0.15, 0.2) is 0 Å². The summed E-state index contributed by atoms with van der Waals surface area (Å²) < 4.78 is 16.9. The molecule has 0 spiro atoms. The highest BCUT2D eigenvalue weighted by Crippen LogP contribution is 2.45. The fraction of sp³-hybridized carbons (Fsp3) is 0.467. The van der Waals surface area contributed by atoms with Crippen LogP contribution in [-0.2, 0) is 14.4 Å². The van der Waals surface area contributed by atoms with Crippen LogP contribution in [0.3, 0.4) is 0 Å². The fourth-order valence-electron chi connectivity index (χ4n) is 5.80. The second-order valence-corrected chi connectivity index (χ2v) is 10.9. The van der Waals surface area contributed by atoms with Crippen LogP contribution in [-0.4, -0.2) is 71.4 Å². The van der Waals surface area contributed by atoms with Crippen LogP contribution in [0.1, 0.15) is 38.5 Å². The minimum absolute atomic E-state index is 0.0800. The molecular weight excluding hydrogens is 542 g/mol. The van der Waals surface area contributed by atoms with Crippen LogP contribution in [0.2, 0.25) is 0 Å². The molecular formula is C30H35N5O7. The highest BCUT2D eigenvalue weighted by molar-refractivity contribution is 5.98. The van der Waals surface area contributed by atoms with Gasteiger partial charge >= 0.3 is 12.0 Å². The van der Waals surface area contributed by atoms with Crippen molar-refractivity contribution in [3.63, 3.8) is 0 Å². The van der Waals surface area contributed by atoms with Crippen molar-refractivity contribution in [2.75, 3.05) is 20.8 Å². The third kappa shape index (κ3) is 6.07. The van der Waals surface area contributed by atoms with Gasteiger partial charge in [-0.05, 0) is 50.7 Å². The summed E-state index contributed by atoms with van der Waals surface area (Å²) in [6, 6.07) is 8.19. The molecule has 12 heteroatoms. The first-order valence-electron chi connectivity index (χ1n) is 14.1. The number of carbonyl (C=O) groups is 4. The maximum Gasteiger partial charge on any atom is 0.321 e. The van der Waals surface area contributed by atoms with E-state index >= 15 is 0 Å². The zero-order valence-electron chi connectivity index (χ0n) is 23.7. The molecule has 42 heavy (non-hydrogen) atoms. The van der Waals surface area contributed by atoms with Gasteiger partial charge in [0.2, 0.25) is 17.7 Å². The first-order valence-corrected chi connectivity index (χ1v) is 14.1. The Kier molecular flexibility index (Phi) is 8.41. The average Bonchev–Trinajstić information content (AvgIpc) is 3.51. The van der Waals surface area contributed by atoms with Crippen molar-refractivity contribution in [1.29, 1.82) is 0 Å². The van der Waals surface area contributed by atoms with E-state index in [2.05, 4.69) is 15.3 Å². The van der Waals surface area contributed by atoms with Gasteiger partial charge in [-0.3, -0.25) is 14.5 Å². The normalized spacial score (nSPS) is 28.4. The molecule has 3 aliphatic rings. The van der Waals surface area contributed by atoms with Gasteiger partial charge in [-0.15, -0.1) is 0 Å². The number of urea groups is 1. The number of aldehydes is 1. The molecule has 1 aromatic carbocycles. The molecule has 5 atom stereocenters. The van der Waals surface area contributed by atoms with Gasteiger partial charge < -0.3 is 30.1 Å². The highest BCUT2D eigenvalue weighted by atomic mass is 16.5. The first-order chi connectivity index (χ1) is 20.3. The molecule has 4 amide bonds. The number of fused-ring (bicyclic) bond motifs is 2. The molecule has 12 nitrogen and oxygen atoms in total. The summed E-state index contributed by atoms with van der Waals surface area (Å²) in [5, 5.41) is 2.89. The van der Waals surface area contributed by atoms with E-state index in [1.54, 1.807) is 13.2 Å². The van der Waals surface area contributed by atoms with Crippen molar-refractivity contribution < 1.29 is 33.4 Å². The fourth-order valence-corrected chi connectivity index (χ4v) is 5.80. The monoisotopic (exact) mass is 577 g/mol. The standard InChI is InChI=1S/C30H35N5O7/c1-40-20-10-7-8-18(12-20)24-15-25(33-29(32-24)41-2)42-21-13-22-23(14-21)27(38)35(28(31)39)11-6-4-3-5-9-19-16-30(19,17-36)34-26(22)37/h5,7-10,12,15,17,19,21-23H,3-4,6,11,13-14,16H2,1-2H3,(H2,31,39)(H,34,37)/b9-5+. The van der Waals surface area contributed by atoms with Crippen LogP contribution in [0.25, 0.3) is 11.3 Å². The van der Waals surface area contributed by atoms with Crippen molar-refractivity contribution in [3.8, 4) is 28.9 Å². The number of hydrogen-bond donors (Lipinski definition) is 2. The lowest BCUT2D eigenvalue weighted by Gasteiger charge is -2.26. The van der Waals surface area contributed by atoms with Crippen molar-refractivity contribution in [3.05, 3.63) is 42.5 Å². The zero-order valence-corrected chi connectivity index (χ0v) is 23.7. The number of nitrogens with one attached hydrogen (secondary N) is 1. The molecule has 2 heterocycles. The number of nitrogens with two attached hydrogens (primary N) is 1. The van der Waals surface area contributed by atoms with Gasteiger partial charge in [0.05, 0.1) is 31.7 Å². The van der Waals surface area contributed by atoms with Crippen LogP contribution in [0.15, 0.2) is 42.5 Å². The number of nitrogens with zero attached hydrogens (tertiary/aromatic N) is 3. The maximum atomic E-state index is 13.7. The lowest BCUT2D eigenvalue weighted by atomic mass is 9.93. The molecule has 5 unspecified atom stereocenters. The van der Waals surface area contributed by atoms with Crippen molar-refractivity contribution in [2.45, 2.75) is 50.2 Å². The SMILES string of the molecule is COc1cccc(-c2cc(OC3CC4C(=O)NC5(C=O)CC5/C=C/CCCCN(C(N)=O)C(=O)C4C3)nc(OC)n2)c1. The van der Waals surface area contributed by atoms with E-state index in [1.807, 2.05) is 36.4 Å². The van der Waals surface area contributed by atoms with E-state index in [0.29, 0.717) is 24.3 Å². The van der Waals surface area contributed by atoms with Gasteiger partial charge in [-0.1, -0.05) is 24.3 Å². The van der Waals surface area contributed by atoms with Crippen LogP contribution in [0, 0.1) is 17.8 Å². The molecule has 2 fully saturated rings. The van der Waals surface area contributed by atoms with Gasteiger partial charge in [-0.25, -0.2) is 4.79 Å². The minimum atomic E-state index is -0.987. The summed E-state index contributed by atoms with van der Waals surface area (Å²) in [7, 11) is 3.01. The third-order valence-electron chi connectivity index (χ3n) is 8.22. The second kappa shape index (κ2) is 12.2. The van der Waals surface area contributed by atoms with Crippen molar-refractivity contribution in [1.82, 2.24) is 20.2 Å². The predicted molar refractivity (Wildman–Crippen MR) is 151 cm³/mol. The van der Waals surface area contributed by atoms with Gasteiger partial charge in [-0.2, -0.15) is 9.97 Å². The number of primary amides is 1. The number of aromatic nitrogens is 2. The number of carbonyl (C=O) groups excluding carboxylic acids is 4. The number of imide groups is 1. The topological polar surface area (TPSA) is 163 Å². The van der Waals surface area contributed by atoms with Crippen LogP contribution in [0.5, 0.6) is 17.6 Å². The molecule has 2 aliphatic carbocycles. The van der Waals surface area contributed by atoms with E-state index in [4.69, 9.17) is 19.9 Å². The van der Waals surface area contributed by atoms with Crippen LogP contribution >= 0.6 is 0 Å². The molecule has 0 bridgehead atoms. The predicted octanol–water partition coefficient (Wildman–Crippen LogP) is 2.66. The average molecular weight is 578 g/mol. The summed E-state index contributed by atoms with van der Waals surface area (Å²) in [5.74, 6) is -1.90. The lowest BCUT2D eigenvalue weighted by Crippen LogP contribution is -2.49. The number of ether oxygens (including phenoxy) is 3. The Morgan fingerprint density at radius 2 is 1.93 bits per heavy atom. The summed E-state index contributed by atoms with van der Waals surface area (Å²) in [6.07, 6.45) is 6.97. The minimum Gasteiger partial charge on any atom is -0.497 e. The summed E-state index contributed by atoms with van der Waals surface area (Å²) in [4.78, 5) is 61.3. The van der Waals surface area contributed by atoms with Crippen molar-refractivity contribution >= 4 is 24.1 Å². The molecule has 5 rings (SSSR count). The largest absolute Gasteiger partial charge is 0.497 e. The highest BCUT2D eigenvalue weighted by Gasteiger charge is 2.56. The molecule has 1 aromatic heterocycles. The molecule has 0 radical (unpaired) electrons. The quantitative estimate of drug-likeness (QED) is 0.388. The Morgan fingerprint density at radius 3 is 2.67 bits per heavy atom. The Hall–Kier alpha value is -4.48. The summed E-state index contributed by atoms with van der Waals surface area (Å²) in [6.45, 7) is 0.160. The number of rotatable bonds is 6. The number of methoxy groups -OCH3 is 2. The van der Waals surface area contributed by atoms with E-state index in [-0.39, 0.29) is 37.2 Å². The van der Waals surface area contributed by atoms with Gasteiger partial charge in [0.25, 0.3) is 0 Å². The Labute approximate surface area is 243 Å². The van der Waals surface area contributed by atoms with E-state index < -0.39 is 41.3 Å². The molecule has 0 saturated heterocycles.